The zero-order valence-electron chi connectivity index (χ0n) is 12.7. The maximum Gasteiger partial charge on any atom is 0.201 e. The van der Waals surface area contributed by atoms with Gasteiger partial charge in [0.2, 0.25) is 11.5 Å². The SMILES string of the molecule is Oc1cc(Oc2cccc(O)c2O)ccc1Oc1cccc(O)c1O. The first kappa shape index (κ1) is 16.1. The lowest BCUT2D eigenvalue weighted by molar-refractivity contribution is 0.359. The molecule has 3 rings (SSSR count). The summed E-state index contributed by atoms with van der Waals surface area (Å²) in [7, 11) is 0. The molecule has 0 aliphatic rings. The van der Waals surface area contributed by atoms with Gasteiger partial charge in [-0.1, -0.05) is 12.1 Å². The highest BCUT2D eigenvalue weighted by molar-refractivity contribution is 5.55. The molecule has 0 saturated heterocycles. The molecule has 0 aliphatic carbocycles. The van der Waals surface area contributed by atoms with Crippen molar-refractivity contribution in [3.63, 3.8) is 0 Å². The fraction of sp³-hybridized carbons (Fsp3) is 0. The van der Waals surface area contributed by atoms with Crippen molar-refractivity contribution in [2.75, 3.05) is 0 Å². The average molecular weight is 342 g/mol. The van der Waals surface area contributed by atoms with Crippen molar-refractivity contribution in [2.24, 2.45) is 0 Å². The lowest BCUT2D eigenvalue weighted by atomic mass is 10.2. The molecular formula is C18H14O7. The van der Waals surface area contributed by atoms with Crippen LogP contribution in [0.15, 0.2) is 54.6 Å². The molecule has 7 nitrogen and oxygen atoms in total. The van der Waals surface area contributed by atoms with Gasteiger partial charge in [-0.25, -0.2) is 0 Å². The normalized spacial score (nSPS) is 10.4. The fourth-order valence-electron chi connectivity index (χ4n) is 2.08. The molecule has 0 aliphatic heterocycles. The van der Waals surface area contributed by atoms with Gasteiger partial charge >= 0.3 is 0 Å². The van der Waals surface area contributed by atoms with E-state index in [-0.39, 0.29) is 40.2 Å². The Morgan fingerprint density at radius 2 is 1.08 bits per heavy atom. The predicted molar refractivity (Wildman–Crippen MR) is 87.8 cm³/mol. The highest BCUT2D eigenvalue weighted by Gasteiger charge is 2.13. The summed E-state index contributed by atoms with van der Waals surface area (Å²) in [6.07, 6.45) is 0. The third kappa shape index (κ3) is 3.30. The van der Waals surface area contributed by atoms with E-state index < -0.39 is 11.5 Å². The lowest BCUT2D eigenvalue weighted by Gasteiger charge is -2.12. The molecule has 128 valence electrons. The van der Waals surface area contributed by atoms with Crippen molar-refractivity contribution in [1.29, 1.82) is 0 Å². The molecule has 0 aromatic heterocycles. The first-order chi connectivity index (χ1) is 12.0. The van der Waals surface area contributed by atoms with Crippen LogP contribution in [0.2, 0.25) is 0 Å². The number of phenols is 5. The molecule has 0 saturated carbocycles. The van der Waals surface area contributed by atoms with Crippen LogP contribution in [0.3, 0.4) is 0 Å². The van der Waals surface area contributed by atoms with Gasteiger partial charge in [-0.3, -0.25) is 0 Å². The van der Waals surface area contributed by atoms with Gasteiger partial charge in [0.15, 0.2) is 34.5 Å². The van der Waals surface area contributed by atoms with Crippen molar-refractivity contribution < 1.29 is 35.0 Å². The van der Waals surface area contributed by atoms with E-state index in [2.05, 4.69) is 0 Å². The minimum Gasteiger partial charge on any atom is -0.504 e. The van der Waals surface area contributed by atoms with Crippen molar-refractivity contribution >= 4 is 0 Å². The highest BCUT2D eigenvalue weighted by Crippen LogP contribution is 2.42. The topological polar surface area (TPSA) is 120 Å². The molecule has 3 aromatic carbocycles. The number of benzene rings is 3. The van der Waals surface area contributed by atoms with Gasteiger partial charge in [-0.15, -0.1) is 0 Å². The molecule has 0 spiro atoms. The van der Waals surface area contributed by atoms with E-state index in [1.165, 1.54) is 54.6 Å². The summed E-state index contributed by atoms with van der Waals surface area (Å²) in [6.45, 7) is 0. The maximum absolute atomic E-state index is 10.1. The Morgan fingerprint density at radius 1 is 0.520 bits per heavy atom. The van der Waals surface area contributed by atoms with Gasteiger partial charge in [0, 0.05) is 6.07 Å². The second-order valence-electron chi connectivity index (χ2n) is 5.08. The summed E-state index contributed by atoms with van der Waals surface area (Å²) in [6, 6.07) is 12.5. The number of hydrogen-bond acceptors (Lipinski definition) is 7. The first-order valence-electron chi connectivity index (χ1n) is 7.16. The largest absolute Gasteiger partial charge is 0.504 e. The van der Waals surface area contributed by atoms with Crippen LogP contribution in [0.1, 0.15) is 0 Å². The van der Waals surface area contributed by atoms with Crippen LogP contribution in [-0.2, 0) is 0 Å². The smallest absolute Gasteiger partial charge is 0.201 e. The minimum absolute atomic E-state index is 0.0127. The van der Waals surface area contributed by atoms with Crippen molar-refractivity contribution in [2.45, 2.75) is 0 Å². The van der Waals surface area contributed by atoms with Gasteiger partial charge in [0.1, 0.15) is 5.75 Å². The third-order valence-corrected chi connectivity index (χ3v) is 3.33. The Balaban J connectivity index is 1.83. The minimum atomic E-state index is -0.452. The quantitative estimate of drug-likeness (QED) is 0.457. The van der Waals surface area contributed by atoms with Crippen molar-refractivity contribution in [3.8, 4) is 51.7 Å². The maximum atomic E-state index is 10.1. The van der Waals surface area contributed by atoms with Crippen molar-refractivity contribution in [1.82, 2.24) is 0 Å². The summed E-state index contributed by atoms with van der Waals surface area (Å²) in [5.74, 6) is -1.66. The Bertz CT molecular complexity index is 921. The molecule has 0 unspecified atom stereocenters. The molecule has 0 heterocycles. The Morgan fingerprint density at radius 3 is 1.64 bits per heavy atom. The molecule has 0 bridgehead atoms. The third-order valence-electron chi connectivity index (χ3n) is 3.33. The van der Waals surface area contributed by atoms with Crippen LogP contribution in [0, 0.1) is 0 Å². The number of rotatable bonds is 4. The zero-order chi connectivity index (χ0) is 18.0. The van der Waals surface area contributed by atoms with E-state index in [4.69, 9.17) is 9.47 Å². The summed E-state index contributed by atoms with van der Waals surface area (Å²) < 4.78 is 10.8. The van der Waals surface area contributed by atoms with Gasteiger partial charge in [0.25, 0.3) is 0 Å². The Labute approximate surface area is 142 Å². The van der Waals surface area contributed by atoms with Crippen LogP contribution in [0.25, 0.3) is 0 Å². The molecule has 0 radical (unpaired) electrons. The van der Waals surface area contributed by atoms with E-state index in [1.54, 1.807) is 0 Å². The summed E-state index contributed by atoms with van der Waals surface area (Å²) in [5, 5.41) is 48.4. The van der Waals surface area contributed by atoms with Crippen LogP contribution in [0.4, 0.5) is 0 Å². The monoisotopic (exact) mass is 342 g/mol. The number of phenolic OH excluding ortho intramolecular Hbond substituents is 5. The van der Waals surface area contributed by atoms with Crippen LogP contribution in [0.5, 0.6) is 51.7 Å². The summed E-state index contributed by atoms with van der Waals surface area (Å²) in [4.78, 5) is 0. The van der Waals surface area contributed by atoms with Crippen LogP contribution < -0.4 is 9.47 Å². The second kappa shape index (κ2) is 6.40. The number of ether oxygens (including phenoxy) is 2. The number of para-hydroxylation sites is 2. The number of hydrogen-bond donors (Lipinski definition) is 5. The van der Waals surface area contributed by atoms with E-state index in [1.807, 2.05) is 0 Å². The molecule has 7 heteroatoms. The van der Waals surface area contributed by atoms with Gasteiger partial charge < -0.3 is 35.0 Å². The average Bonchev–Trinajstić information content (AvgIpc) is 2.58. The zero-order valence-corrected chi connectivity index (χ0v) is 12.7. The van der Waals surface area contributed by atoms with Crippen molar-refractivity contribution in [3.05, 3.63) is 54.6 Å². The first-order valence-corrected chi connectivity index (χ1v) is 7.16. The Kier molecular flexibility index (Phi) is 4.13. The van der Waals surface area contributed by atoms with E-state index in [0.29, 0.717) is 0 Å². The van der Waals surface area contributed by atoms with Crippen LogP contribution >= 0.6 is 0 Å². The predicted octanol–water partition coefficient (Wildman–Crippen LogP) is 3.80. The lowest BCUT2D eigenvalue weighted by Crippen LogP contribution is -1.88. The molecule has 0 atom stereocenters. The summed E-state index contributed by atoms with van der Waals surface area (Å²) >= 11 is 0. The molecule has 0 fully saturated rings. The van der Waals surface area contributed by atoms with E-state index in [9.17, 15) is 25.5 Å². The number of aromatic hydroxyl groups is 5. The van der Waals surface area contributed by atoms with E-state index in [0.717, 1.165) is 0 Å². The molecule has 25 heavy (non-hydrogen) atoms. The Hall–Kier alpha value is -3.74. The molecule has 3 aromatic rings. The highest BCUT2D eigenvalue weighted by atomic mass is 16.5. The van der Waals surface area contributed by atoms with Crippen LogP contribution in [-0.4, -0.2) is 25.5 Å². The van der Waals surface area contributed by atoms with Gasteiger partial charge in [-0.05, 0) is 36.4 Å². The second-order valence-corrected chi connectivity index (χ2v) is 5.08. The summed E-state index contributed by atoms with van der Waals surface area (Å²) in [5.41, 5.74) is 0. The van der Waals surface area contributed by atoms with E-state index >= 15 is 0 Å². The molecular weight excluding hydrogens is 328 g/mol. The fourth-order valence-corrected chi connectivity index (χ4v) is 2.08. The standard InChI is InChI=1S/C18H14O7/c19-11-3-1-5-15(17(11)22)24-10-7-8-14(13(21)9-10)25-16-6-2-4-12(20)18(16)23/h1-9,19-23H. The molecule has 5 N–H and O–H groups in total. The van der Waals surface area contributed by atoms with Gasteiger partial charge in [0.05, 0.1) is 0 Å². The van der Waals surface area contributed by atoms with Gasteiger partial charge in [-0.2, -0.15) is 0 Å². The molecule has 0 amide bonds.